The molecule has 0 saturated heterocycles. The second kappa shape index (κ2) is 6.88. The first-order valence-corrected chi connectivity index (χ1v) is 9.34. The van der Waals surface area contributed by atoms with E-state index in [9.17, 15) is 9.59 Å². The molecule has 8 heteroatoms. The van der Waals surface area contributed by atoms with Crippen LogP contribution in [0.2, 0.25) is 0 Å². The largest absolute Gasteiger partial charge is 0.348 e. The minimum atomic E-state index is -0.155. The summed E-state index contributed by atoms with van der Waals surface area (Å²) in [7, 11) is 3.43. The van der Waals surface area contributed by atoms with E-state index in [4.69, 9.17) is 0 Å². The molecule has 0 aliphatic carbocycles. The molecular formula is C19H17N5O2S. The van der Waals surface area contributed by atoms with Crippen molar-refractivity contribution in [2.75, 3.05) is 19.8 Å². The van der Waals surface area contributed by atoms with Gasteiger partial charge in [0.15, 0.2) is 5.16 Å². The van der Waals surface area contributed by atoms with Gasteiger partial charge in [-0.3, -0.25) is 14.0 Å². The lowest BCUT2D eigenvalue weighted by molar-refractivity contribution is -0.125. The first kappa shape index (κ1) is 17.3. The Hall–Kier alpha value is -3.13. The number of benzene rings is 2. The number of hydrogen-bond donors (Lipinski definition) is 0. The van der Waals surface area contributed by atoms with Crippen molar-refractivity contribution in [3.63, 3.8) is 0 Å². The van der Waals surface area contributed by atoms with Gasteiger partial charge in [-0.15, -0.1) is 10.2 Å². The smallest absolute Gasteiger partial charge is 0.267 e. The van der Waals surface area contributed by atoms with Crippen LogP contribution < -0.4 is 5.56 Å². The lowest BCUT2D eigenvalue weighted by atomic mass is 10.2. The number of thioether (sulfide) groups is 1. The van der Waals surface area contributed by atoms with Gasteiger partial charge in [0, 0.05) is 14.1 Å². The van der Waals surface area contributed by atoms with Crippen LogP contribution in [0.3, 0.4) is 0 Å². The van der Waals surface area contributed by atoms with Crippen molar-refractivity contribution in [2.45, 2.75) is 5.16 Å². The van der Waals surface area contributed by atoms with Crippen molar-refractivity contribution < 1.29 is 4.79 Å². The number of para-hydroxylation sites is 2. The van der Waals surface area contributed by atoms with E-state index in [1.165, 1.54) is 16.7 Å². The molecule has 4 rings (SSSR count). The Morgan fingerprint density at radius 3 is 2.48 bits per heavy atom. The van der Waals surface area contributed by atoms with Gasteiger partial charge in [0.25, 0.3) is 5.56 Å². The van der Waals surface area contributed by atoms with Gasteiger partial charge in [-0.25, -0.2) is 4.57 Å². The normalized spacial score (nSPS) is 11.2. The zero-order chi connectivity index (χ0) is 19.0. The Balaban J connectivity index is 1.98. The maximum absolute atomic E-state index is 13.1. The van der Waals surface area contributed by atoms with Crippen molar-refractivity contribution in [1.82, 2.24) is 24.1 Å². The van der Waals surface area contributed by atoms with Crippen molar-refractivity contribution >= 4 is 34.3 Å². The molecule has 2 aromatic heterocycles. The summed E-state index contributed by atoms with van der Waals surface area (Å²) in [6.07, 6.45) is 0. The fourth-order valence-corrected chi connectivity index (χ4v) is 3.76. The average Bonchev–Trinajstić information content (AvgIpc) is 3.11. The molecule has 0 unspecified atom stereocenters. The predicted molar refractivity (Wildman–Crippen MR) is 106 cm³/mol. The van der Waals surface area contributed by atoms with Crippen LogP contribution in [0.4, 0.5) is 0 Å². The quantitative estimate of drug-likeness (QED) is 0.509. The molecule has 0 aliphatic heterocycles. The number of carbonyl (C=O) groups excluding carboxylic acids is 1. The van der Waals surface area contributed by atoms with Crippen LogP contribution in [0, 0.1) is 0 Å². The van der Waals surface area contributed by atoms with Crippen LogP contribution in [0.1, 0.15) is 0 Å². The molecule has 27 heavy (non-hydrogen) atoms. The molecule has 0 bridgehead atoms. The number of hydrogen-bond acceptors (Lipinski definition) is 5. The molecule has 2 heterocycles. The van der Waals surface area contributed by atoms with Gasteiger partial charge in [-0.2, -0.15) is 0 Å². The SMILES string of the molecule is CN(C)C(=O)CSc1nnc2n(-c3ccccc3)c(=O)c3ccccc3n12. The predicted octanol–water partition coefficient (Wildman–Crippen LogP) is 2.21. The fraction of sp³-hybridized carbons (Fsp3) is 0.158. The second-order valence-electron chi connectivity index (χ2n) is 6.19. The van der Waals surface area contributed by atoms with Crippen LogP contribution in [-0.4, -0.2) is 49.8 Å². The molecule has 0 atom stereocenters. The highest BCUT2D eigenvalue weighted by Gasteiger charge is 2.18. The average molecular weight is 379 g/mol. The van der Waals surface area contributed by atoms with E-state index in [2.05, 4.69) is 10.2 Å². The van der Waals surface area contributed by atoms with E-state index in [1.807, 2.05) is 52.9 Å². The molecule has 0 spiro atoms. The second-order valence-corrected chi connectivity index (χ2v) is 7.13. The molecule has 2 aromatic carbocycles. The number of rotatable bonds is 4. The van der Waals surface area contributed by atoms with Crippen molar-refractivity contribution in [1.29, 1.82) is 0 Å². The molecule has 0 radical (unpaired) electrons. The van der Waals surface area contributed by atoms with Gasteiger partial charge in [-0.05, 0) is 24.3 Å². The summed E-state index contributed by atoms with van der Waals surface area (Å²) in [5, 5.41) is 9.64. The van der Waals surface area contributed by atoms with Crippen LogP contribution >= 0.6 is 11.8 Å². The third-order valence-electron chi connectivity index (χ3n) is 4.23. The summed E-state index contributed by atoms with van der Waals surface area (Å²) < 4.78 is 3.38. The van der Waals surface area contributed by atoms with Crippen LogP contribution in [0.5, 0.6) is 0 Å². The number of amides is 1. The summed E-state index contributed by atoms with van der Waals surface area (Å²) in [6, 6.07) is 16.7. The molecule has 0 fully saturated rings. The van der Waals surface area contributed by atoms with Crippen molar-refractivity contribution in [2.24, 2.45) is 0 Å². The first-order valence-electron chi connectivity index (χ1n) is 8.35. The van der Waals surface area contributed by atoms with Crippen molar-refractivity contribution in [3.05, 3.63) is 65.0 Å². The van der Waals surface area contributed by atoms with Crippen LogP contribution in [-0.2, 0) is 4.79 Å². The fourth-order valence-electron chi connectivity index (χ4n) is 2.84. The van der Waals surface area contributed by atoms with E-state index < -0.39 is 0 Å². The molecule has 1 amide bonds. The van der Waals surface area contributed by atoms with Gasteiger partial charge >= 0.3 is 0 Å². The van der Waals surface area contributed by atoms with Crippen LogP contribution in [0.15, 0.2) is 64.5 Å². The molecule has 0 saturated carbocycles. The zero-order valence-electron chi connectivity index (χ0n) is 14.9. The Labute approximate surface area is 159 Å². The number of aromatic nitrogens is 4. The maximum Gasteiger partial charge on any atom is 0.267 e. The van der Waals surface area contributed by atoms with Crippen LogP contribution in [0.25, 0.3) is 22.4 Å². The lowest BCUT2D eigenvalue weighted by Gasteiger charge is -2.12. The number of nitrogens with zero attached hydrogens (tertiary/aromatic N) is 5. The van der Waals surface area contributed by atoms with Gasteiger partial charge in [0.05, 0.1) is 22.3 Å². The summed E-state index contributed by atoms with van der Waals surface area (Å²) >= 11 is 1.30. The van der Waals surface area contributed by atoms with E-state index >= 15 is 0 Å². The molecule has 0 aliphatic rings. The van der Waals surface area contributed by atoms with Gasteiger partial charge in [-0.1, -0.05) is 42.1 Å². The molecular weight excluding hydrogens is 362 g/mol. The van der Waals surface area contributed by atoms with Gasteiger partial charge in [0.1, 0.15) is 0 Å². The van der Waals surface area contributed by atoms with Crippen molar-refractivity contribution in [3.8, 4) is 5.69 Å². The minimum absolute atomic E-state index is 0.0163. The highest BCUT2D eigenvalue weighted by Crippen LogP contribution is 2.23. The molecule has 7 nitrogen and oxygen atoms in total. The topological polar surface area (TPSA) is 72.5 Å². The van der Waals surface area contributed by atoms with Gasteiger partial charge < -0.3 is 4.90 Å². The Morgan fingerprint density at radius 2 is 1.74 bits per heavy atom. The summed E-state index contributed by atoms with van der Waals surface area (Å²) in [5.41, 5.74) is 1.28. The van der Waals surface area contributed by atoms with E-state index in [0.29, 0.717) is 22.0 Å². The van der Waals surface area contributed by atoms with Gasteiger partial charge in [0.2, 0.25) is 11.7 Å². The standard InChI is InChI=1S/C19H17N5O2S/c1-22(2)16(25)12-27-19-21-20-18-23(13-8-4-3-5-9-13)17(26)14-10-6-7-11-15(14)24(18)19/h3-11H,12H2,1-2H3. The number of fused-ring (bicyclic) bond motifs is 3. The highest BCUT2D eigenvalue weighted by atomic mass is 32.2. The molecule has 0 N–H and O–H groups in total. The Kier molecular flexibility index (Phi) is 4.41. The third kappa shape index (κ3) is 2.97. The minimum Gasteiger partial charge on any atom is -0.348 e. The van der Waals surface area contributed by atoms with E-state index in [1.54, 1.807) is 24.7 Å². The third-order valence-corrected chi connectivity index (χ3v) is 5.15. The molecule has 4 aromatic rings. The highest BCUT2D eigenvalue weighted by molar-refractivity contribution is 7.99. The maximum atomic E-state index is 13.1. The zero-order valence-corrected chi connectivity index (χ0v) is 15.7. The first-order chi connectivity index (χ1) is 13.1. The summed E-state index contributed by atoms with van der Waals surface area (Å²) in [6.45, 7) is 0. The molecule has 136 valence electrons. The Morgan fingerprint density at radius 1 is 1.04 bits per heavy atom. The monoisotopic (exact) mass is 379 g/mol. The Bertz CT molecular complexity index is 1200. The number of carbonyl (C=O) groups is 1. The summed E-state index contributed by atoms with van der Waals surface area (Å²) in [5.74, 6) is 0.647. The summed E-state index contributed by atoms with van der Waals surface area (Å²) in [4.78, 5) is 26.6. The van der Waals surface area contributed by atoms with E-state index in [-0.39, 0.29) is 17.2 Å². The van der Waals surface area contributed by atoms with E-state index in [0.717, 1.165) is 5.52 Å². The lowest BCUT2D eigenvalue weighted by Crippen LogP contribution is -2.24.